The van der Waals surface area contributed by atoms with Crippen LogP contribution in [0.25, 0.3) is 0 Å². The van der Waals surface area contributed by atoms with Crippen molar-refractivity contribution in [1.82, 2.24) is 20.5 Å². The molecule has 0 radical (unpaired) electrons. The Balaban J connectivity index is 1.37. The molecule has 168 valence electrons. The number of aromatic nitrogens is 1. The van der Waals surface area contributed by atoms with Crippen LogP contribution in [0.5, 0.6) is 0 Å². The van der Waals surface area contributed by atoms with Crippen LogP contribution in [0.3, 0.4) is 0 Å². The highest BCUT2D eigenvalue weighted by molar-refractivity contribution is 5.81. The summed E-state index contributed by atoms with van der Waals surface area (Å²) < 4.78 is 5.78. The van der Waals surface area contributed by atoms with Crippen LogP contribution in [0.4, 0.5) is 5.69 Å². The Morgan fingerprint density at radius 2 is 1.84 bits per heavy atom. The summed E-state index contributed by atoms with van der Waals surface area (Å²) in [6.07, 6.45) is 2.20. The van der Waals surface area contributed by atoms with Crippen molar-refractivity contribution in [1.29, 1.82) is 0 Å². The predicted octanol–water partition coefficient (Wildman–Crippen LogP) is 2.38. The van der Waals surface area contributed by atoms with Crippen LogP contribution in [0.2, 0.25) is 0 Å². The normalized spacial score (nSPS) is 15.2. The molecule has 31 heavy (non-hydrogen) atoms. The number of aliphatic imine (C=N–C) groups is 1. The quantitative estimate of drug-likeness (QED) is 0.545. The molecule has 1 aliphatic rings. The summed E-state index contributed by atoms with van der Waals surface area (Å²) in [7, 11) is 1.70. The third-order valence-corrected chi connectivity index (χ3v) is 5.31. The summed E-state index contributed by atoms with van der Waals surface area (Å²) in [6.45, 7) is 10.4. The van der Waals surface area contributed by atoms with E-state index in [0.717, 1.165) is 31.9 Å². The molecule has 0 unspecified atom stereocenters. The van der Waals surface area contributed by atoms with Gasteiger partial charge in [0.25, 0.3) is 0 Å². The van der Waals surface area contributed by atoms with E-state index in [2.05, 4.69) is 58.4 Å². The van der Waals surface area contributed by atoms with E-state index >= 15 is 0 Å². The number of piperazine rings is 1. The van der Waals surface area contributed by atoms with E-state index in [1.165, 1.54) is 5.69 Å². The van der Waals surface area contributed by atoms with Gasteiger partial charge in [-0.05, 0) is 12.1 Å². The van der Waals surface area contributed by atoms with Gasteiger partial charge in [-0.3, -0.25) is 9.79 Å². The fraction of sp³-hybridized carbons (Fsp3) is 0.522. The third kappa shape index (κ3) is 6.47. The Bertz CT molecular complexity index is 864. The number of guanidine groups is 1. The minimum atomic E-state index is -0.0713. The van der Waals surface area contributed by atoms with Gasteiger partial charge in [-0.1, -0.05) is 39.0 Å². The Kier molecular flexibility index (Phi) is 7.55. The summed E-state index contributed by atoms with van der Waals surface area (Å²) in [5, 5.41) is 6.37. The molecule has 0 aliphatic carbocycles. The minimum Gasteiger partial charge on any atom is -0.443 e. The largest absolute Gasteiger partial charge is 0.443 e. The van der Waals surface area contributed by atoms with Crippen LogP contribution in [0.15, 0.2) is 45.9 Å². The molecule has 1 aromatic carbocycles. The lowest BCUT2D eigenvalue weighted by Crippen LogP contribution is -2.49. The molecule has 0 saturated carbocycles. The number of nitrogens with zero attached hydrogens (tertiary/aromatic N) is 4. The molecule has 2 N–H and O–H groups in total. The molecule has 2 aromatic rings. The van der Waals surface area contributed by atoms with Gasteiger partial charge in [0.05, 0.1) is 12.7 Å². The zero-order valence-electron chi connectivity index (χ0n) is 19.0. The monoisotopic (exact) mass is 426 g/mol. The van der Waals surface area contributed by atoms with E-state index in [0.29, 0.717) is 31.4 Å². The molecule has 8 heteroatoms. The van der Waals surface area contributed by atoms with Crippen LogP contribution in [-0.2, 0) is 16.8 Å². The van der Waals surface area contributed by atoms with Crippen LogP contribution in [-0.4, -0.2) is 61.5 Å². The fourth-order valence-electron chi connectivity index (χ4n) is 3.42. The zero-order valence-corrected chi connectivity index (χ0v) is 19.0. The minimum absolute atomic E-state index is 0.0713. The third-order valence-electron chi connectivity index (χ3n) is 5.31. The Labute approximate surface area is 184 Å². The molecule has 1 fully saturated rings. The van der Waals surface area contributed by atoms with Gasteiger partial charge in [-0.15, -0.1) is 0 Å². The predicted molar refractivity (Wildman–Crippen MR) is 123 cm³/mol. The van der Waals surface area contributed by atoms with E-state index in [9.17, 15) is 4.79 Å². The number of anilines is 1. The Hall–Kier alpha value is -3.03. The zero-order chi connectivity index (χ0) is 22.3. The van der Waals surface area contributed by atoms with E-state index in [4.69, 9.17) is 4.42 Å². The Morgan fingerprint density at radius 3 is 2.45 bits per heavy atom. The molecular weight excluding hydrogens is 392 g/mol. The number of para-hydroxylation sites is 1. The highest BCUT2D eigenvalue weighted by Crippen LogP contribution is 2.22. The summed E-state index contributed by atoms with van der Waals surface area (Å²) in [5.74, 6) is 2.25. The first-order valence-electron chi connectivity index (χ1n) is 10.8. The molecular formula is C23H34N6O2. The van der Waals surface area contributed by atoms with Gasteiger partial charge in [-0.25, -0.2) is 4.98 Å². The molecule has 1 aliphatic heterocycles. The van der Waals surface area contributed by atoms with Gasteiger partial charge in [0, 0.05) is 57.3 Å². The first-order chi connectivity index (χ1) is 14.9. The van der Waals surface area contributed by atoms with E-state index in [1.807, 2.05) is 23.1 Å². The maximum absolute atomic E-state index is 12.6. The van der Waals surface area contributed by atoms with E-state index < -0.39 is 0 Å². The number of carbonyl (C=O) groups is 1. The van der Waals surface area contributed by atoms with Crippen LogP contribution >= 0.6 is 0 Å². The molecule has 3 rings (SSSR count). The average molecular weight is 427 g/mol. The topological polar surface area (TPSA) is 86.0 Å². The first-order valence-corrected chi connectivity index (χ1v) is 10.8. The summed E-state index contributed by atoms with van der Waals surface area (Å²) >= 11 is 0. The fourth-order valence-corrected chi connectivity index (χ4v) is 3.42. The second-order valence-corrected chi connectivity index (χ2v) is 8.67. The van der Waals surface area contributed by atoms with Crippen molar-refractivity contribution in [2.24, 2.45) is 4.99 Å². The van der Waals surface area contributed by atoms with Crippen molar-refractivity contribution in [3.8, 4) is 0 Å². The maximum atomic E-state index is 12.6. The highest BCUT2D eigenvalue weighted by atomic mass is 16.4. The lowest BCUT2D eigenvalue weighted by Gasteiger charge is -2.36. The lowest BCUT2D eigenvalue weighted by molar-refractivity contribution is -0.131. The second-order valence-electron chi connectivity index (χ2n) is 8.67. The summed E-state index contributed by atoms with van der Waals surface area (Å²) in [5.41, 5.74) is 1.14. The summed E-state index contributed by atoms with van der Waals surface area (Å²) in [4.78, 5) is 25.3. The number of hydrogen-bond donors (Lipinski definition) is 2. The van der Waals surface area contributed by atoms with Crippen molar-refractivity contribution < 1.29 is 9.21 Å². The van der Waals surface area contributed by atoms with Crippen molar-refractivity contribution in [3.05, 3.63) is 48.2 Å². The molecule has 1 saturated heterocycles. The number of rotatable bonds is 6. The highest BCUT2D eigenvalue weighted by Gasteiger charge is 2.21. The molecule has 0 bridgehead atoms. The molecule has 0 atom stereocenters. The number of carbonyl (C=O) groups excluding carboxylic acids is 1. The SMILES string of the molecule is CN=C(NCCC(=O)N1CCN(c2ccccc2)CC1)NCc1ncc(C(C)(C)C)o1. The van der Waals surface area contributed by atoms with Crippen molar-refractivity contribution in [2.75, 3.05) is 44.7 Å². The van der Waals surface area contributed by atoms with Crippen molar-refractivity contribution in [3.63, 3.8) is 0 Å². The average Bonchev–Trinajstić information content (AvgIpc) is 3.26. The van der Waals surface area contributed by atoms with Gasteiger partial charge in [-0.2, -0.15) is 0 Å². The van der Waals surface area contributed by atoms with Crippen molar-refractivity contribution >= 4 is 17.6 Å². The molecule has 0 spiro atoms. The molecule has 2 heterocycles. The smallest absolute Gasteiger partial charge is 0.224 e. The molecule has 8 nitrogen and oxygen atoms in total. The van der Waals surface area contributed by atoms with Crippen LogP contribution in [0.1, 0.15) is 38.8 Å². The van der Waals surface area contributed by atoms with E-state index in [-0.39, 0.29) is 11.3 Å². The Morgan fingerprint density at radius 1 is 1.13 bits per heavy atom. The molecule has 1 amide bonds. The van der Waals surface area contributed by atoms with E-state index in [1.54, 1.807) is 13.2 Å². The maximum Gasteiger partial charge on any atom is 0.224 e. The van der Waals surface area contributed by atoms with Gasteiger partial charge in [0.1, 0.15) is 5.76 Å². The number of nitrogens with one attached hydrogen (secondary N) is 2. The number of benzene rings is 1. The summed E-state index contributed by atoms with van der Waals surface area (Å²) in [6, 6.07) is 10.3. The van der Waals surface area contributed by atoms with Crippen LogP contribution in [0, 0.1) is 0 Å². The van der Waals surface area contributed by atoms with Gasteiger partial charge >= 0.3 is 0 Å². The number of oxazole rings is 1. The molecule has 1 aromatic heterocycles. The van der Waals surface area contributed by atoms with Gasteiger partial charge in [0.15, 0.2) is 5.96 Å². The van der Waals surface area contributed by atoms with Crippen LogP contribution < -0.4 is 15.5 Å². The number of amides is 1. The first kappa shape index (κ1) is 22.7. The number of hydrogen-bond acceptors (Lipinski definition) is 5. The standard InChI is InChI=1S/C23H34N6O2/c1-23(2,3)19-16-26-20(31-19)17-27-22(24-4)25-11-10-21(30)29-14-12-28(13-15-29)18-8-6-5-7-9-18/h5-9,16H,10-15,17H2,1-4H3,(H2,24,25,27). The van der Waals surface area contributed by atoms with Gasteiger partial charge in [0.2, 0.25) is 11.8 Å². The van der Waals surface area contributed by atoms with Crippen molar-refractivity contribution in [2.45, 2.75) is 39.2 Å². The lowest BCUT2D eigenvalue weighted by atomic mass is 9.94. The second kappa shape index (κ2) is 10.3. The van der Waals surface area contributed by atoms with Gasteiger partial charge < -0.3 is 24.9 Å².